The van der Waals surface area contributed by atoms with Crippen LogP contribution in [0.2, 0.25) is 0 Å². The normalized spacial score (nSPS) is 10.5. The van der Waals surface area contributed by atoms with Gasteiger partial charge in [0.15, 0.2) is 0 Å². The molecule has 0 fully saturated rings. The number of non-ortho nitro benzene ring substituents is 1. The predicted molar refractivity (Wildman–Crippen MR) is 48.4 cm³/mol. The van der Waals surface area contributed by atoms with Gasteiger partial charge < -0.3 is 4.52 Å². The molecule has 1 aromatic carbocycles. The molecule has 2 rings (SSSR count). The largest absolute Gasteiger partial charge is 0.363 e. The van der Waals surface area contributed by atoms with Crippen LogP contribution in [-0.2, 0) is 0 Å². The Kier molecular flexibility index (Phi) is 1.77. The first-order chi connectivity index (χ1) is 6.18. The van der Waals surface area contributed by atoms with Crippen LogP contribution in [0.3, 0.4) is 0 Å². The van der Waals surface area contributed by atoms with Crippen LogP contribution in [-0.4, -0.2) is 10.1 Å². The van der Waals surface area contributed by atoms with E-state index < -0.39 is 4.92 Å². The Bertz CT molecular complexity index is 480. The Labute approximate surface area is 80.6 Å². The van der Waals surface area contributed by atoms with Crippen LogP contribution in [0, 0.1) is 10.1 Å². The molecular weight excluding hydrogens is 240 g/mol. The summed E-state index contributed by atoms with van der Waals surface area (Å²) in [6, 6.07) is 2.78. The van der Waals surface area contributed by atoms with Gasteiger partial charge in [-0.1, -0.05) is 5.16 Å². The number of hydrogen-bond acceptors (Lipinski definition) is 4. The van der Waals surface area contributed by atoms with Gasteiger partial charge in [-0.3, -0.25) is 10.1 Å². The van der Waals surface area contributed by atoms with Gasteiger partial charge >= 0.3 is 0 Å². The Morgan fingerprint density at radius 2 is 2.31 bits per heavy atom. The summed E-state index contributed by atoms with van der Waals surface area (Å²) in [7, 11) is 0. The molecule has 0 amide bonds. The van der Waals surface area contributed by atoms with Crippen molar-refractivity contribution in [1.29, 1.82) is 0 Å². The number of nitrogens with zero attached hydrogens (tertiary/aromatic N) is 2. The Morgan fingerprint density at radius 1 is 1.54 bits per heavy atom. The molecule has 2 aromatic rings. The molecular formula is C7H3BrN2O3. The zero-order valence-corrected chi connectivity index (χ0v) is 7.82. The third-order valence-corrected chi connectivity index (χ3v) is 2.28. The molecule has 0 atom stereocenters. The Morgan fingerprint density at radius 3 is 3.00 bits per heavy atom. The maximum atomic E-state index is 10.4. The number of halogens is 1. The maximum Gasteiger partial charge on any atom is 0.272 e. The van der Waals surface area contributed by atoms with Crippen molar-refractivity contribution in [2.24, 2.45) is 0 Å². The maximum absolute atomic E-state index is 10.4. The van der Waals surface area contributed by atoms with Crippen LogP contribution in [0.4, 0.5) is 5.69 Å². The smallest absolute Gasteiger partial charge is 0.272 e. The van der Waals surface area contributed by atoms with E-state index in [1.54, 1.807) is 0 Å². The lowest BCUT2D eigenvalue weighted by Gasteiger charge is -1.92. The number of fused-ring (bicyclic) bond motifs is 1. The van der Waals surface area contributed by atoms with E-state index in [0.29, 0.717) is 9.99 Å². The number of rotatable bonds is 1. The molecule has 5 nitrogen and oxygen atoms in total. The first-order valence-corrected chi connectivity index (χ1v) is 4.16. The van der Waals surface area contributed by atoms with Gasteiger partial charge in [-0.15, -0.1) is 0 Å². The van der Waals surface area contributed by atoms with Crippen molar-refractivity contribution in [3.8, 4) is 0 Å². The van der Waals surface area contributed by atoms with Crippen molar-refractivity contribution < 1.29 is 9.45 Å². The number of hydrogen-bond donors (Lipinski definition) is 0. The van der Waals surface area contributed by atoms with Crippen molar-refractivity contribution in [3.63, 3.8) is 0 Å². The van der Waals surface area contributed by atoms with Crippen LogP contribution in [0.15, 0.2) is 27.4 Å². The number of aromatic nitrogens is 1. The third kappa shape index (κ3) is 1.29. The first-order valence-electron chi connectivity index (χ1n) is 3.36. The van der Waals surface area contributed by atoms with E-state index in [9.17, 15) is 10.1 Å². The second kappa shape index (κ2) is 2.81. The van der Waals surface area contributed by atoms with Crippen LogP contribution in [0.25, 0.3) is 10.9 Å². The number of nitro benzene ring substituents is 1. The van der Waals surface area contributed by atoms with E-state index in [1.807, 2.05) is 0 Å². The van der Waals surface area contributed by atoms with Gasteiger partial charge in [0.2, 0.25) is 0 Å². The zero-order valence-electron chi connectivity index (χ0n) is 6.23. The van der Waals surface area contributed by atoms with Gasteiger partial charge in [0.25, 0.3) is 5.69 Å². The molecule has 66 valence electrons. The summed E-state index contributed by atoms with van der Waals surface area (Å²) in [6.07, 6.45) is 1.43. The lowest BCUT2D eigenvalue weighted by Crippen LogP contribution is -1.87. The highest BCUT2D eigenvalue weighted by atomic mass is 79.9. The summed E-state index contributed by atoms with van der Waals surface area (Å²) in [5.74, 6) is 0. The molecule has 0 aliphatic carbocycles. The van der Waals surface area contributed by atoms with E-state index in [2.05, 4.69) is 25.6 Å². The summed E-state index contributed by atoms with van der Waals surface area (Å²) in [5.41, 5.74) is 0.467. The molecule has 0 spiro atoms. The summed E-state index contributed by atoms with van der Waals surface area (Å²) in [6.45, 7) is 0. The fourth-order valence-corrected chi connectivity index (χ4v) is 1.55. The summed E-state index contributed by atoms with van der Waals surface area (Å²) in [4.78, 5) is 9.97. The average molecular weight is 243 g/mol. The molecule has 0 unspecified atom stereocenters. The second-order valence-corrected chi connectivity index (χ2v) is 3.29. The van der Waals surface area contributed by atoms with E-state index in [4.69, 9.17) is 0 Å². The quantitative estimate of drug-likeness (QED) is 0.569. The van der Waals surface area contributed by atoms with Crippen LogP contribution in [0.5, 0.6) is 0 Å². The van der Waals surface area contributed by atoms with Gasteiger partial charge in [0.1, 0.15) is 11.8 Å². The number of benzene rings is 1. The van der Waals surface area contributed by atoms with Crippen molar-refractivity contribution in [1.82, 2.24) is 5.16 Å². The third-order valence-electron chi connectivity index (χ3n) is 1.62. The Hall–Kier alpha value is -1.43. The topological polar surface area (TPSA) is 69.2 Å². The molecule has 1 heterocycles. The van der Waals surface area contributed by atoms with Gasteiger partial charge in [-0.2, -0.15) is 0 Å². The molecule has 13 heavy (non-hydrogen) atoms. The van der Waals surface area contributed by atoms with Gasteiger partial charge in [0.05, 0.1) is 10.3 Å². The second-order valence-electron chi connectivity index (χ2n) is 2.43. The predicted octanol–water partition coefficient (Wildman–Crippen LogP) is 2.50. The monoisotopic (exact) mass is 242 g/mol. The lowest BCUT2D eigenvalue weighted by molar-refractivity contribution is -0.384. The number of nitro groups is 1. The summed E-state index contributed by atoms with van der Waals surface area (Å²) in [5, 5.41) is 14.8. The minimum Gasteiger partial charge on any atom is -0.363 e. The van der Waals surface area contributed by atoms with Crippen molar-refractivity contribution in [3.05, 3.63) is 33.0 Å². The van der Waals surface area contributed by atoms with Gasteiger partial charge in [-0.05, 0) is 15.9 Å². The van der Waals surface area contributed by atoms with E-state index in [0.717, 1.165) is 5.39 Å². The molecule has 0 bridgehead atoms. The van der Waals surface area contributed by atoms with Crippen LogP contribution in [0.1, 0.15) is 0 Å². The van der Waals surface area contributed by atoms with Crippen molar-refractivity contribution >= 4 is 32.5 Å². The molecule has 6 heteroatoms. The molecule has 0 N–H and O–H groups in total. The fraction of sp³-hybridized carbons (Fsp3) is 0. The highest BCUT2D eigenvalue weighted by molar-refractivity contribution is 9.10. The SMILES string of the molecule is O=[N+]([O-])c1cc(Br)c2conc2c1. The van der Waals surface area contributed by atoms with E-state index >= 15 is 0 Å². The minimum absolute atomic E-state index is 0.00623. The molecule has 0 saturated heterocycles. The van der Waals surface area contributed by atoms with Crippen LogP contribution < -0.4 is 0 Å². The Balaban J connectivity index is 2.77. The minimum atomic E-state index is -0.473. The molecule has 0 radical (unpaired) electrons. The highest BCUT2D eigenvalue weighted by Crippen LogP contribution is 2.28. The van der Waals surface area contributed by atoms with Crippen molar-refractivity contribution in [2.75, 3.05) is 0 Å². The highest BCUT2D eigenvalue weighted by Gasteiger charge is 2.11. The molecule has 1 aromatic heterocycles. The standard InChI is InChI=1S/C7H3BrN2O3/c8-6-1-4(10(11)12)2-7-5(6)3-13-9-7/h1-3H. The van der Waals surface area contributed by atoms with Gasteiger partial charge in [0, 0.05) is 16.6 Å². The zero-order chi connectivity index (χ0) is 9.42. The lowest BCUT2D eigenvalue weighted by atomic mass is 10.2. The first kappa shape index (κ1) is 8.18. The molecule has 0 saturated carbocycles. The molecule has 0 aliphatic heterocycles. The van der Waals surface area contributed by atoms with E-state index in [1.165, 1.54) is 18.4 Å². The fourth-order valence-electron chi connectivity index (χ4n) is 1.02. The van der Waals surface area contributed by atoms with Crippen LogP contribution >= 0.6 is 15.9 Å². The summed E-state index contributed by atoms with van der Waals surface area (Å²) >= 11 is 3.19. The molecule has 0 aliphatic rings. The van der Waals surface area contributed by atoms with Crippen molar-refractivity contribution in [2.45, 2.75) is 0 Å². The summed E-state index contributed by atoms with van der Waals surface area (Å²) < 4.78 is 5.29. The van der Waals surface area contributed by atoms with Gasteiger partial charge in [-0.25, -0.2) is 0 Å². The average Bonchev–Trinajstić information content (AvgIpc) is 2.51. The van der Waals surface area contributed by atoms with E-state index in [-0.39, 0.29) is 5.69 Å².